The molecule has 1 fully saturated rings. The summed E-state index contributed by atoms with van der Waals surface area (Å²) in [6.45, 7) is 12.9. The van der Waals surface area contributed by atoms with E-state index in [1.165, 1.54) is 0 Å². The number of nitrogens with zero attached hydrogens (tertiary/aromatic N) is 2. The number of aliphatic imine (C=N–C) groups is 1. The third kappa shape index (κ3) is 10.8. The van der Waals surface area contributed by atoms with Crippen molar-refractivity contribution in [3.63, 3.8) is 0 Å². The van der Waals surface area contributed by atoms with Crippen LogP contribution in [0.5, 0.6) is 0 Å². The number of nitrogens with two attached hydrogens (primary N) is 1. The molecular weight excluding hydrogens is 477 g/mol. The molecule has 1 aliphatic heterocycles. The van der Waals surface area contributed by atoms with Gasteiger partial charge in [0.2, 0.25) is 0 Å². The van der Waals surface area contributed by atoms with Crippen LogP contribution in [0.2, 0.25) is 0 Å². The van der Waals surface area contributed by atoms with E-state index in [2.05, 4.69) is 15.6 Å². The molecule has 1 aliphatic rings. The fourth-order valence-electron chi connectivity index (χ4n) is 2.58. The molecule has 164 valence electrons. The summed E-state index contributed by atoms with van der Waals surface area (Å²) in [5, 5.41) is 5.97. The number of piperidine rings is 1. The Hall–Kier alpha value is -1.46. The predicted molar refractivity (Wildman–Crippen MR) is 120 cm³/mol. The molecule has 1 saturated heterocycles. The fourth-order valence-corrected chi connectivity index (χ4v) is 2.58. The molecule has 0 radical (unpaired) electrons. The van der Waals surface area contributed by atoms with Gasteiger partial charge in [-0.2, -0.15) is 0 Å². The number of carbonyl (C=O) groups excluding carboxylic acids is 2. The maximum Gasteiger partial charge on any atom is 0.409 e. The van der Waals surface area contributed by atoms with Gasteiger partial charge in [-0.25, -0.2) is 9.59 Å². The van der Waals surface area contributed by atoms with Gasteiger partial charge in [-0.1, -0.05) is 0 Å². The molecule has 1 heterocycles. The number of nitrogens with one attached hydrogen (secondary N) is 2. The van der Waals surface area contributed by atoms with Crippen molar-refractivity contribution in [1.82, 2.24) is 15.5 Å². The molecular formula is C18H36IN5O4. The Morgan fingerprint density at radius 1 is 1.18 bits per heavy atom. The van der Waals surface area contributed by atoms with E-state index in [1.54, 1.807) is 11.8 Å². The Kier molecular flexibility index (Phi) is 10.9. The lowest BCUT2D eigenvalue weighted by Crippen LogP contribution is -2.50. The van der Waals surface area contributed by atoms with E-state index in [1.807, 2.05) is 34.6 Å². The van der Waals surface area contributed by atoms with Gasteiger partial charge in [0.1, 0.15) is 5.60 Å². The van der Waals surface area contributed by atoms with E-state index in [9.17, 15) is 9.59 Å². The SMILES string of the molecule is CCOC(=O)N1CCC(NC(N)=NCC(C)(C)NC(=O)OC(C)(C)C)CC1.I. The molecule has 1 rings (SSSR count). The molecule has 0 atom stereocenters. The van der Waals surface area contributed by atoms with Crippen molar-refractivity contribution in [3.05, 3.63) is 0 Å². The number of alkyl carbamates (subject to hydrolysis) is 1. The topological polar surface area (TPSA) is 118 Å². The minimum Gasteiger partial charge on any atom is -0.450 e. The zero-order valence-electron chi connectivity index (χ0n) is 17.8. The average Bonchev–Trinajstić information content (AvgIpc) is 2.51. The first-order chi connectivity index (χ1) is 12.4. The number of amides is 2. The summed E-state index contributed by atoms with van der Waals surface area (Å²) >= 11 is 0. The average molecular weight is 513 g/mol. The van der Waals surface area contributed by atoms with Gasteiger partial charge in [0.15, 0.2) is 5.96 Å². The van der Waals surface area contributed by atoms with Gasteiger partial charge in [0, 0.05) is 19.1 Å². The molecule has 0 aromatic carbocycles. The molecule has 2 amide bonds. The van der Waals surface area contributed by atoms with E-state index < -0.39 is 17.2 Å². The van der Waals surface area contributed by atoms with Crippen molar-refractivity contribution in [2.75, 3.05) is 26.2 Å². The maximum atomic E-state index is 11.9. The van der Waals surface area contributed by atoms with Crippen molar-refractivity contribution in [2.24, 2.45) is 10.7 Å². The van der Waals surface area contributed by atoms with E-state index in [0.29, 0.717) is 32.2 Å². The van der Waals surface area contributed by atoms with Crippen LogP contribution in [0.15, 0.2) is 4.99 Å². The molecule has 0 spiro atoms. The Bertz CT molecular complexity index is 541. The Morgan fingerprint density at radius 2 is 1.75 bits per heavy atom. The van der Waals surface area contributed by atoms with E-state index in [0.717, 1.165) is 12.8 Å². The van der Waals surface area contributed by atoms with Crippen LogP contribution in [0, 0.1) is 0 Å². The summed E-state index contributed by atoms with van der Waals surface area (Å²) in [4.78, 5) is 29.6. The molecule has 28 heavy (non-hydrogen) atoms. The quantitative estimate of drug-likeness (QED) is 0.295. The summed E-state index contributed by atoms with van der Waals surface area (Å²) < 4.78 is 10.3. The van der Waals surface area contributed by atoms with Crippen LogP contribution in [-0.2, 0) is 9.47 Å². The summed E-state index contributed by atoms with van der Waals surface area (Å²) in [5.41, 5.74) is 4.83. The summed E-state index contributed by atoms with van der Waals surface area (Å²) in [5.74, 6) is 0.323. The van der Waals surface area contributed by atoms with Crippen LogP contribution < -0.4 is 16.4 Å². The highest BCUT2D eigenvalue weighted by Crippen LogP contribution is 2.12. The van der Waals surface area contributed by atoms with Gasteiger partial charge < -0.3 is 30.7 Å². The van der Waals surface area contributed by atoms with Gasteiger partial charge in [0.25, 0.3) is 0 Å². The van der Waals surface area contributed by atoms with Crippen LogP contribution in [0.25, 0.3) is 0 Å². The number of halogens is 1. The Labute approximate surface area is 185 Å². The smallest absolute Gasteiger partial charge is 0.409 e. The second-order valence-corrected chi connectivity index (χ2v) is 8.32. The number of likely N-dealkylation sites (tertiary alicyclic amines) is 1. The van der Waals surface area contributed by atoms with E-state index in [4.69, 9.17) is 15.2 Å². The highest BCUT2D eigenvalue weighted by Gasteiger charge is 2.26. The normalized spacial score (nSPS) is 16.1. The molecule has 0 aromatic rings. The molecule has 4 N–H and O–H groups in total. The minimum atomic E-state index is -0.595. The minimum absolute atomic E-state index is 0. The molecule has 10 heteroatoms. The van der Waals surface area contributed by atoms with Gasteiger partial charge >= 0.3 is 12.2 Å². The number of guanidine groups is 1. The number of hydrogen-bond donors (Lipinski definition) is 3. The van der Waals surface area contributed by atoms with Gasteiger partial charge in [0.05, 0.1) is 18.7 Å². The zero-order valence-corrected chi connectivity index (χ0v) is 20.2. The summed E-state index contributed by atoms with van der Waals surface area (Å²) in [7, 11) is 0. The van der Waals surface area contributed by atoms with Gasteiger partial charge in [-0.15, -0.1) is 24.0 Å². The third-order valence-corrected chi connectivity index (χ3v) is 3.86. The van der Waals surface area contributed by atoms with Gasteiger partial charge in [-0.3, -0.25) is 4.99 Å². The highest BCUT2D eigenvalue weighted by atomic mass is 127. The first-order valence-corrected chi connectivity index (χ1v) is 9.41. The Morgan fingerprint density at radius 3 is 2.25 bits per heavy atom. The van der Waals surface area contributed by atoms with E-state index in [-0.39, 0.29) is 36.1 Å². The number of rotatable bonds is 5. The molecule has 0 saturated carbocycles. The fraction of sp³-hybridized carbons (Fsp3) is 0.833. The molecule has 9 nitrogen and oxygen atoms in total. The maximum absolute atomic E-state index is 11.9. The second-order valence-electron chi connectivity index (χ2n) is 8.32. The zero-order chi connectivity index (χ0) is 20.7. The van der Waals surface area contributed by atoms with Gasteiger partial charge in [-0.05, 0) is 54.4 Å². The second kappa shape index (κ2) is 11.5. The van der Waals surface area contributed by atoms with Crippen LogP contribution >= 0.6 is 24.0 Å². The third-order valence-electron chi connectivity index (χ3n) is 3.86. The van der Waals surface area contributed by atoms with Crippen molar-refractivity contribution < 1.29 is 19.1 Å². The first-order valence-electron chi connectivity index (χ1n) is 9.41. The van der Waals surface area contributed by atoms with Crippen molar-refractivity contribution >= 4 is 42.1 Å². The number of hydrogen-bond acceptors (Lipinski definition) is 5. The van der Waals surface area contributed by atoms with Crippen molar-refractivity contribution in [3.8, 4) is 0 Å². The van der Waals surface area contributed by atoms with Crippen molar-refractivity contribution in [2.45, 2.75) is 71.6 Å². The molecule has 0 bridgehead atoms. The largest absolute Gasteiger partial charge is 0.450 e. The molecule has 0 unspecified atom stereocenters. The molecule has 0 aliphatic carbocycles. The monoisotopic (exact) mass is 513 g/mol. The standard InChI is InChI=1S/C18H35N5O4.HI/c1-7-26-16(25)23-10-8-13(9-11-23)21-14(19)20-12-18(5,6)22-15(24)27-17(2,3)4;/h13H,7-12H2,1-6H3,(H,22,24)(H3,19,20,21);1H. The van der Waals surface area contributed by atoms with E-state index >= 15 is 0 Å². The first kappa shape index (κ1) is 26.5. The summed E-state index contributed by atoms with van der Waals surface area (Å²) in [6, 6.07) is 0.154. The summed E-state index contributed by atoms with van der Waals surface area (Å²) in [6.07, 6.45) is 0.788. The van der Waals surface area contributed by atoms with Crippen molar-refractivity contribution in [1.29, 1.82) is 0 Å². The molecule has 0 aromatic heterocycles. The lowest BCUT2D eigenvalue weighted by Gasteiger charge is -2.32. The van der Waals surface area contributed by atoms with Crippen LogP contribution in [-0.4, -0.2) is 66.5 Å². The Balaban J connectivity index is 0.00000729. The number of ether oxygens (including phenoxy) is 2. The highest BCUT2D eigenvalue weighted by molar-refractivity contribution is 14.0. The predicted octanol–water partition coefficient (Wildman–Crippen LogP) is 2.43. The lowest BCUT2D eigenvalue weighted by atomic mass is 10.1. The number of carbonyl (C=O) groups is 2. The van der Waals surface area contributed by atoms with Crippen LogP contribution in [0.1, 0.15) is 54.4 Å². The lowest BCUT2D eigenvalue weighted by molar-refractivity contribution is 0.0476. The van der Waals surface area contributed by atoms with Crippen LogP contribution in [0.3, 0.4) is 0 Å². The van der Waals surface area contributed by atoms with Crippen LogP contribution in [0.4, 0.5) is 9.59 Å².